The molecule has 0 fully saturated rings. The summed E-state index contributed by atoms with van der Waals surface area (Å²) in [7, 11) is 3.28. The predicted molar refractivity (Wildman–Crippen MR) is 78.3 cm³/mol. The van der Waals surface area contributed by atoms with Crippen LogP contribution in [0, 0.1) is 0 Å². The summed E-state index contributed by atoms with van der Waals surface area (Å²) in [6, 6.07) is 7.45. The molecule has 0 saturated carbocycles. The van der Waals surface area contributed by atoms with Crippen LogP contribution in [0.25, 0.3) is 6.08 Å². The van der Waals surface area contributed by atoms with E-state index in [1.165, 1.54) is 11.0 Å². The SMILES string of the molecule is CCOc1ccccc1/C=C/C(=O)NCC(=O)N(C)C. The number of nitrogens with zero attached hydrogens (tertiary/aromatic N) is 1. The lowest BCUT2D eigenvalue weighted by atomic mass is 10.2. The van der Waals surface area contributed by atoms with E-state index in [0.29, 0.717) is 6.61 Å². The number of benzene rings is 1. The van der Waals surface area contributed by atoms with Gasteiger partial charge in [0.25, 0.3) is 0 Å². The van der Waals surface area contributed by atoms with Gasteiger partial charge in [-0.3, -0.25) is 9.59 Å². The van der Waals surface area contributed by atoms with Crippen LogP contribution in [0.3, 0.4) is 0 Å². The molecule has 0 bridgehead atoms. The van der Waals surface area contributed by atoms with Crippen LogP contribution >= 0.6 is 0 Å². The Kier molecular flexibility index (Phi) is 6.29. The fraction of sp³-hybridized carbons (Fsp3) is 0.333. The topological polar surface area (TPSA) is 58.6 Å². The van der Waals surface area contributed by atoms with Gasteiger partial charge in [-0.25, -0.2) is 0 Å². The van der Waals surface area contributed by atoms with E-state index in [1.54, 1.807) is 20.2 Å². The van der Waals surface area contributed by atoms with Gasteiger partial charge in [0.1, 0.15) is 5.75 Å². The molecule has 20 heavy (non-hydrogen) atoms. The van der Waals surface area contributed by atoms with Gasteiger partial charge < -0.3 is 15.0 Å². The molecule has 1 N–H and O–H groups in total. The third-order valence-electron chi connectivity index (χ3n) is 2.55. The van der Waals surface area contributed by atoms with E-state index >= 15 is 0 Å². The minimum absolute atomic E-state index is 0.0106. The lowest BCUT2D eigenvalue weighted by Gasteiger charge is -2.10. The van der Waals surface area contributed by atoms with Crippen molar-refractivity contribution >= 4 is 17.9 Å². The highest BCUT2D eigenvalue weighted by Gasteiger charge is 2.05. The maximum absolute atomic E-state index is 11.6. The normalized spacial score (nSPS) is 10.3. The fourth-order valence-corrected chi connectivity index (χ4v) is 1.45. The van der Waals surface area contributed by atoms with Gasteiger partial charge in [0.15, 0.2) is 0 Å². The van der Waals surface area contributed by atoms with Crippen molar-refractivity contribution in [3.05, 3.63) is 35.9 Å². The Hall–Kier alpha value is -2.30. The maximum atomic E-state index is 11.6. The summed E-state index contributed by atoms with van der Waals surface area (Å²) in [6.07, 6.45) is 3.06. The van der Waals surface area contributed by atoms with E-state index in [4.69, 9.17) is 4.74 Å². The molecule has 5 heteroatoms. The highest BCUT2D eigenvalue weighted by Crippen LogP contribution is 2.19. The van der Waals surface area contributed by atoms with Crippen LogP contribution in [-0.4, -0.2) is 44.0 Å². The number of hydrogen-bond donors (Lipinski definition) is 1. The molecule has 0 heterocycles. The van der Waals surface area contributed by atoms with E-state index in [-0.39, 0.29) is 18.4 Å². The first-order chi connectivity index (χ1) is 9.54. The molecule has 2 amide bonds. The molecule has 0 aliphatic rings. The molecule has 1 aromatic carbocycles. The summed E-state index contributed by atoms with van der Waals surface area (Å²) in [6.45, 7) is 2.46. The smallest absolute Gasteiger partial charge is 0.244 e. The molecule has 0 unspecified atom stereocenters. The fourth-order valence-electron chi connectivity index (χ4n) is 1.45. The van der Waals surface area contributed by atoms with Crippen molar-refractivity contribution in [1.29, 1.82) is 0 Å². The van der Waals surface area contributed by atoms with Crippen LogP contribution in [0.1, 0.15) is 12.5 Å². The van der Waals surface area contributed by atoms with E-state index < -0.39 is 0 Å². The van der Waals surface area contributed by atoms with Crippen molar-refractivity contribution in [3.63, 3.8) is 0 Å². The standard InChI is InChI=1S/C15H20N2O3/c1-4-20-13-8-6-5-7-12(13)9-10-14(18)16-11-15(19)17(2)3/h5-10H,4,11H2,1-3H3,(H,16,18)/b10-9+. The van der Waals surface area contributed by atoms with Crippen molar-refractivity contribution in [1.82, 2.24) is 10.2 Å². The van der Waals surface area contributed by atoms with Crippen LogP contribution in [0.2, 0.25) is 0 Å². The first-order valence-electron chi connectivity index (χ1n) is 6.42. The summed E-state index contributed by atoms with van der Waals surface area (Å²) in [5.41, 5.74) is 0.823. The second-order valence-corrected chi connectivity index (χ2v) is 4.31. The van der Waals surface area contributed by atoms with Crippen molar-refractivity contribution in [2.24, 2.45) is 0 Å². The van der Waals surface area contributed by atoms with E-state index in [9.17, 15) is 9.59 Å². The molecule has 1 rings (SSSR count). The number of carbonyl (C=O) groups is 2. The largest absolute Gasteiger partial charge is 0.493 e. The Balaban J connectivity index is 2.59. The van der Waals surface area contributed by atoms with Gasteiger partial charge in [-0.15, -0.1) is 0 Å². The zero-order valence-electron chi connectivity index (χ0n) is 12.1. The van der Waals surface area contributed by atoms with E-state index in [1.807, 2.05) is 31.2 Å². The first-order valence-corrected chi connectivity index (χ1v) is 6.42. The van der Waals surface area contributed by atoms with Gasteiger partial charge in [-0.05, 0) is 19.1 Å². The van der Waals surface area contributed by atoms with Crippen molar-refractivity contribution in [2.45, 2.75) is 6.92 Å². The van der Waals surface area contributed by atoms with Gasteiger partial charge >= 0.3 is 0 Å². The lowest BCUT2D eigenvalue weighted by molar-refractivity contribution is -0.129. The number of hydrogen-bond acceptors (Lipinski definition) is 3. The second kappa shape index (κ2) is 7.99. The van der Waals surface area contributed by atoms with Crippen molar-refractivity contribution in [2.75, 3.05) is 27.2 Å². The highest BCUT2D eigenvalue weighted by atomic mass is 16.5. The average molecular weight is 276 g/mol. The molecule has 0 radical (unpaired) electrons. The van der Waals surface area contributed by atoms with Gasteiger partial charge in [-0.2, -0.15) is 0 Å². The lowest BCUT2D eigenvalue weighted by Crippen LogP contribution is -2.35. The molecule has 1 aromatic rings. The van der Waals surface area contributed by atoms with Crippen LogP contribution < -0.4 is 10.1 Å². The third-order valence-corrected chi connectivity index (χ3v) is 2.55. The Morgan fingerprint density at radius 3 is 2.65 bits per heavy atom. The number of likely N-dealkylation sites (N-methyl/N-ethyl adjacent to an activating group) is 1. The summed E-state index contributed by atoms with van der Waals surface area (Å²) < 4.78 is 5.46. The molecular formula is C15H20N2O3. The summed E-state index contributed by atoms with van der Waals surface area (Å²) >= 11 is 0. The zero-order chi connectivity index (χ0) is 15.0. The third kappa shape index (κ3) is 5.14. The average Bonchev–Trinajstić information content (AvgIpc) is 2.44. The second-order valence-electron chi connectivity index (χ2n) is 4.31. The monoisotopic (exact) mass is 276 g/mol. The number of ether oxygens (including phenoxy) is 1. The molecular weight excluding hydrogens is 256 g/mol. The number of nitrogens with one attached hydrogen (secondary N) is 1. The van der Waals surface area contributed by atoms with Crippen LogP contribution in [0.5, 0.6) is 5.75 Å². The minimum atomic E-state index is -0.313. The Morgan fingerprint density at radius 2 is 2.00 bits per heavy atom. The Morgan fingerprint density at radius 1 is 1.30 bits per heavy atom. The molecule has 108 valence electrons. The summed E-state index contributed by atoms with van der Waals surface area (Å²) in [5, 5.41) is 2.53. The first kappa shape index (κ1) is 15.8. The number of carbonyl (C=O) groups excluding carboxylic acids is 2. The minimum Gasteiger partial charge on any atom is -0.493 e. The van der Waals surface area contributed by atoms with E-state index in [0.717, 1.165) is 11.3 Å². The van der Waals surface area contributed by atoms with Crippen LogP contribution in [-0.2, 0) is 9.59 Å². The highest BCUT2D eigenvalue weighted by molar-refractivity contribution is 5.94. The summed E-state index contributed by atoms with van der Waals surface area (Å²) in [4.78, 5) is 24.4. The Bertz CT molecular complexity index is 496. The molecule has 0 spiro atoms. The van der Waals surface area contributed by atoms with Crippen LogP contribution in [0.15, 0.2) is 30.3 Å². The number of para-hydroxylation sites is 1. The van der Waals surface area contributed by atoms with Crippen molar-refractivity contribution in [3.8, 4) is 5.75 Å². The predicted octanol–water partition coefficient (Wildman–Crippen LogP) is 1.30. The van der Waals surface area contributed by atoms with Crippen molar-refractivity contribution < 1.29 is 14.3 Å². The number of rotatable bonds is 6. The molecule has 0 aliphatic heterocycles. The van der Waals surface area contributed by atoms with E-state index in [2.05, 4.69) is 5.32 Å². The maximum Gasteiger partial charge on any atom is 0.244 e. The molecule has 0 aromatic heterocycles. The molecule has 0 atom stereocenters. The Labute approximate surface area is 119 Å². The quantitative estimate of drug-likeness (QED) is 0.797. The molecule has 5 nitrogen and oxygen atoms in total. The van der Waals surface area contributed by atoms with Gasteiger partial charge in [0.05, 0.1) is 13.2 Å². The number of amides is 2. The zero-order valence-corrected chi connectivity index (χ0v) is 12.1. The molecule has 0 saturated heterocycles. The molecule has 0 aliphatic carbocycles. The van der Waals surface area contributed by atoms with Gasteiger partial charge in [0, 0.05) is 25.7 Å². The van der Waals surface area contributed by atoms with Gasteiger partial charge in [-0.1, -0.05) is 18.2 Å². The summed E-state index contributed by atoms with van der Waals surface area (Å²) in [5.74, 6) is 0.261. The van der Waals surface area contributed by atoms with Gasteiger partial charge in [0.2, 0.25) is 11.8 Å². The van der Waals surface area contributed by atoms with Crippen LogP contribution in [0.4, 0.5) is 0 Å².